The van der Waals surface area contributed by atoms with Gasteiger partial charge < -0.3 is 9.67 Å². The number of amides is 1. The Labute approximate surface area is 178 Å². The molecule has 2 heterocycles. The number of fused-ring (bicyclic) bond motifs is 1. The van der Waals surface area contributed by atoms with E-state index in [1.54, 1.807) is 6.21 Å². The first-order chi connectivity index (χ1) is 15.0. The summed E-state index contributed by atoms with van der Waals surface area (Å²) in [5.74, 6) is -0.636. The lowest BCUT2D eigenvalue weighted by atomic mass is 10.1. The Morgan fingerprint density at radius 2 is 2.13 bits per heavy atom. The number of phenolic OH excluding ortho intramolecular Hbond substituents is 1. The number of aromatic nitrogens is 2. The predicted octanol–water partition coefficient (Wildman–Crippen LogP) is 3.73. The van der Waals surface area contributed by atoms with Crippen molar-refractivity contribution < 1.29 is 9.90 Å². The van der Waals surface area contributed by atoms with Crippen molar-refractivity contribution in [3.05, 3.63) is 94.9 Å². The maximum absolute atomic E-state index is 12.3. The van der Waals surface area contributed by atoms with Gasteiger partial charge in [-0.3, -0.25) is 9.78 Å². The van der Waals surface area contributed by atoms with Crippen molar-refractivity contribution in [2.24, 2.45) is 5.10 Å². The molecule has 1 amide bonds. The zero-order valence-electron chi connectivity index (χ0n) is 16.8. The van der Waals surface area contributed by atoms with Crippen molar-refractivity contribution in [2.45, 2.75) is 13.5 Å². The van der Waals surface area contributed by atoms with E-state index in [-0.39, 0.29) is 16.9 Å². The van der Waals surface area contributed by atoms with Gasteiger partial charge in [0.15, 0.2) is 0 Å². The van der Waals surface area contributed by atoms with E-state index in [4.69, 9.17) is 5.26 Å². The quantitative estimate of drug-likeness (QED) is 0.387. The molecule has 0 saturated carbocycles. The number of hydrogen-bond donors (Lipinski definition) is 2. The van der Waals surface area contributed by atoms with Gasteiger partial charge in [-0.1, -0.05) is 12.1 Å². The number of carbonyl (C=O) groups is 1. The van der Waals surface area contributed by atoms with E-state index in [9.17, 15) is 9.90 Å². The maximum Gasteiger partial charge on any atom is 0.271 e. The third-order valence-electron chi connectivity index (χ3n) is 4.90. The van der Waals surface area contributed by atoms with E-state index in [1.807, 2.05) is 55.7 Å². The van der Waals surface area contributed by atoms with E-state index in [0.29, 0.717) is 6.54 Å². The first-order valence-corrected chi connectivity index (χ1v) is 9.61. The van der Waals surface area contributed by atoms with Crippen molar-refractivity contribution in [3.8, 4) is 11.8 Å². The van der Waals surface area contributed by atoms with Gasteiger partial charge in [-0.05, 0) is 55.0 Å². The summed E-state index contributed by atoms with van der Waals surface area (Å²) in [7, 11) is 0. The van der Waals surface area contributed by atoms with Crippen molar-refractivity contribution in [1.82, 2.24) is 15.0 Å². The van der Waals surface area contributed by atoms with Crippen LogP contribution in [-0.4, -0.2) is 26.8 Å². The molecule has 0 saturated heterocycles. The van der Waals surface area contributed by atoms with Crippen LogP contribution in [0.2, 0.25) is 0 Å². The number of phenols is 1. The molecule has 0 fully saturated rings. The first-order valence-electron chi connectivity index (χ1n) is 9.61. The predicted molar refractivity (Wildman–Crippen MR) is 118 cm³/mol. The van der Waals surface area contributed by atoms with Gasteiger partial charge in [0.05, 0.1) is 24.0 Å². The zero-order valence-corrected chi connectivity index (χ0v) is 16.8. The van der Waals surface area contributed by atoms with E-state index in [2.05, 4.69) is 26.1 Å². The van der Waals surface area contributed by atoms with Gasteiger partial charge in [-0.25, -0.2) is 5.43 Å². The molecule has 31 heavy (non-hydrogen) atoms. The summed E-state index contributed by atoms with van der Waals surface area (Å²) >= 11 is 0. The molecule has 152 valence electrons. The standard InChI is InChI=1S/C24H19N5O2/c1-16-7-9-26-20(11-16)15-29-10-8-21-18(3-2-4-22(21)29)14-27-28-24(31)17-5-6-23(30)19(12-17)13-25/h2-12,14,30H,15H2,1H3,(H,28,31). The lowest BCUT2D eigenvalue weighted by molar-refractivity contribution is 0.0955. The highest BCUT2D eigenvalue weighted by molar-refractivity contribution is 6.00. The normalized spacial score (nSPS) is 11.0. The summed E-state index contributed by atoms with van der Waals surface area (Å²) in [5, 5.41) is 23.6. The third kappa shape index (κ3) is 4.28. The van der Waals surface area contributed by atoms with Gasteiger partial charge in [-0.2, -0.15) is 10.4 Å². The monoisotopic (exact) mass is 409 g/mol. The lowest BCUT2D eigenvalue weighted by Gasteiger charge is -2.06. The van der Waals surface area contributed by atoms with Crippen LogP contribution in [0.15, 0.2) is 72.1 Å². The second-order valence-corrected chi connectivity index (χ2v) is 7.09. The molecule has 4 rings (SSSR count). The molecule has 0 aliphatic heterocycles. The van der Waals surface area contributed by atoms with Crippen LogP contribution in [0.3, 0.4) is 0 Å². The molecule has 2 aromatic carbocycles. The molecule has 7 nitrogen and oxygen atoms in total. The highest BCUT2D eigenvalue weighted by atomic mass is 16.3. The van der Waals surface area contributed by atoms with Gasteiger partial charge in [-0.15, -0.1) is 0 Å². The number of nitriles is 1. The summed E-state index contributed by atoms with van der Waals surface area (Å²) in [6, 6.07) is 17.8. The zero-order chi connectivity index (χ0) is 21.8. The van der Waals surface area contributed by atoms with E-state index >= 15 is 0 Å². The maximum atomic E-state index is 12.3. The van der Waals surface area contributed by atoms with Crippen LogP contribution in [0.4, 0.5) is 0 Å². The third-order valence-corrected chi connectivity index (χ3v) is 4.90. The van der Waals surface area contributed by atoms with Crippen molar-refractivity contribution >= 4 is 23.0 Å². The van der Waals surface area contributed by atoms with Gasteiger partial charge in [0.25, 0.3) is 5.91 Å². The summed E-state index contributed by atoms with van der Waals surface area (Å²) in [4.78, 5) is 16.7. The second kappa shape index (κ2) is 8.51. The number of rotatable bonds is 5. The summed E-state index contributed by atoms with van der Waals surface area (Å²) < 4.78 is 2.12. The molecule has 0 atom stereocenters. The van der Waals surface area contributed by atoms with Gasteiger partial charge in [0.1, 0.15) is 11.8 Å². The van der Waals surface area contributed by atoms with E-state index in [1.165, 1.54) is 23.8 Å². The molecular weight excluding hydrogens is 390 g/mol. The Balaban J connectivity index is 1.52. The molecule has 0 radical (unpaired) electrons. The minimum absolute atomic E-state index is 0.0332. The number of hydrogen-bond acceptors (Lipinski definition) is 5. The van der Waals surface area contributed by atoms with Crippen LogP contribution in [0.5, 0.6) is 5.75 Å². The van der Waals surface area contributed by atoms with Crippen LogP contribution in [0, 0.1) is 18.3 Å². The molecule has 7 heteroatoms. The number of aromatic hydroxyl groups is 1. The number of nitrogens with zero attached hydrogens (tertiary/aromatic N) is 4. The Bertz CT molecular complexity index is 1350. The van der Waals surface area contributed by atoms with Crippen molar-refractivity contribution in [1.29, 1.82) is 5.26 Å². The number of nitrogens with one attached hydrogen (secondary N) is 1. The van der Waals surface area contributed by atoms with Crippen LogP contribution in [0.1, 0.15) is 32.7 Å². The van der Waals surface area contributed by atoms with Gasteiger partial charge in [0.2, 0.25) is 0 Å². The fraction of sp³-hybridized carbons (Fsp3) is 0.0833. The molecule has 4 aromatic rings. The number of benzene rings is 2. The van der Waals surface area contributed by atoms with Crippen LogP contribution < -0.4 is 5.43 Å². The SMILES string of the molecule is Cc1ccnc(Cn2ccc3c(C=NNC(=O)c4ccc(O)c(C#N)c4)cccc32)c1. The minimum Gasteiger partial charge on any atom is -0.507 e. The average Bonchev–Trinajstić information content (AvgIpc) is 3.17. The number of pyridine rings is 1. The minimum atomic E-state index is -0.469. The average molecular weight is 409 g/mol. The summed E-state index contributed by atoms with van der Waals surface area (Å²) in [6.45, 7) is 2.70. The van der Waals surface area contributed by atoms with Crippen molar-refractivity contribution in [2.75, 3.05) is 0 Å². The number of carbonyl (C=O) groups excluding carboxylic acids is 1. The first kappa shape index (κ1) is 19.9. The highest BCUT2D eigenvalue weighted by Crippen LogP contribution is 2.20. The van der Waals surface area contributed by atoms with Crippen molar-refractivity contribution in [3.63, 3.8) is 0 Å². The molecule has 0 aliphatic rings. The van der Waals surface area contributed by atoms with Gasteiger partial charge >= 0.3 is 0 Å². The highest BCUT2D eigenvalue weighted by Gasteiger charge is 2.09. The largest absolute Gasteiger partial charge is 0.507 e. The molecule has 2 aromatic heterocycles. The fourth-order valence-electron chi connectivity index (χ4n) is 3.35. The molecule has 0 bridgehead atoms. The second-order valence-electron chi connectivity index (χ2n) is 7.09. The Hall–Kier alpha value is -4.44. The number of hydrazone groups is 1. The molecule has 2 N–H and O–H groups in total. The van der Waals surface area contributed by atoms with Crippen LogP contribution in [0.25, 0.3) is 10.9 Å². The molecule has 0 aliphatic carbocycles. The lowest BCUT2D eigenvalue weighted by Crippen LogP contribution is -2.17. The van der Waals surface area contributed by atoms with E-state index in [0.717, 1.165) is 22.2 Å². The molecular formula is C24H19N5O2. The topological polar surface area (TPSA) is 103 Å². The molecule has 0 spiro atoms. The Kier molecular flexibility index (Phi) is 5.45. The smallest absolute Gasteiger partial charge is 0.271 e. The van der Waals surface area contributed by atoms with Crippen LogP contribution in [-0.2, 0) is 6.54 Å². The van der Waals surface area contributed by atoms with E-state index < -0.39 is 5.91 Å². The summed E-state index contributed by atoms with van der Waals surface area (Å²) in [5.41, 5.74) is 6.77. The Morgan fingerprint density at radius 1 is 1.26 bits per heavy atom. The Morgan fingerprint density at radius 3 is 2.94 bits per heavy atom. The number of aryl methyl sites for hydroxylation is 1. The van der Waals surface area contributed by atoms with Gasteiger partial charge in [0, 0.05) is 34.4 Å². The molecule has 0 unspecified atom stereocenters. The summed E-state index contributed by atoms with van der Waals surface area (Å²) in [6.07, 6.45) is 5.40. The van der Waals surface area contributed by atoms with Crippen LogP contribution >= 0.6 is 0 Å². The fourth-order valence-corrected chi connectivity index (χ4v) is 3.35.